The average molecular weight is 456 g/mol. The Kier molecular flexibility index (Phi) is 6.84. The van der Waals surface area contributed by atoms with Gasteiger partial charge in [0, 0.05) is 16.5 Å². The molecule has 8 heteroatoms. The predicted octanol–water partition coefficient (Wildman–Crippen LogP) is 5.11. The van der Waals surface area contributed by atoms with Crippen LogP contribution in [0.2, 0.25) is 0 Å². The summed E-state index contributed by atoms with van der Waals surface area (Å²) in [7, 11) is -3.21. The van der Waals surface area contributed by atoms with Crippen molar-refractivity contribution in [1.82, 2.24) is 4.98 Å². The first-order valence-electron chi connectivity index (χ1n) is 10.0. The summed E-state index contributed by atoms with van der Waals surface area (Å²) >= 11 is 0. The lowest BCUT2D eigenvalue weighted by atomic mass is 9.94. The van der Waals surface area contributed by atoms with Gasteiger partial charge in [-0.2, -0.15) is 4.89 Å². The van der Waals surface area contributed by atoms with Crippen molar-refractivity contribution in [3.05, 3.63) is 72.6 Å². The molecule has 0 aliphatic heterocycles. The molecule has 0 aliphatic carbocycles. The van der Waals surface area contributed by atoms with E-state index in [-0.39, 0.29) is 17.4 Å². The largest absolute Gasteiger partial charge is 0.531 e. The quantitative estimate of drug-likeness (QED) is 0.291. The third kappa shape index (κ3) is 4.07. The lowest BCUT2D eigenvalue weighted by Crippen LogP contribution is -2.46. The van der Waals surface area contributed by atoms with Gasteiger partial charge >= 0.3 is 19.2 Å². The summed E-state index contributed by atoms with van der Waals surface area (Å²) in [5.41, 5.74) is 2.07. The second-order valence-electron chi connectivity index (χ2n) is 7.75. The molecule has 1 heterocycles. The molecule has 166 valence electrons. The second kappa shape index (κ2) is 9.25. The van der Waals surface area contributed by atoms with Gasteiger partial charge in [-0.3, -0.25) is 0 Å². The van der Waals surface area contributed by atoms with Crippen LogP contribution < -0.4 is 4.74 Å². The Morgan fingerprint density at radius 2 is 1.81 bits per heavy atom. The molecule has 2 N–H and O–H groups in total. The zero-order chi connectivity index (χ0) is 23.6. The molecule has 0 spiro atoms. The smallest absolute Gasteiger partial charge is 0.420 e. The molecule has 1 aromatic heterocycles. The van der Waals surface area contributed by atoms with E-state index in [0.29, 0.717) is 16.6 Å². The van der Waals surface area contributed by atoms with Crippen LogP contribution in [-0.4, -0.2) is 32.2 Å². The van der Waals surface area contributed by atoms with Crippen LogP contribution in [0.3, 0.4) is 0 Å². The summed E-state index contributed by atoms with van der Waals surface area (Å²) in [6, 6.07) is 12.9. The number of fused-ring (bicyclic) bond motifs is 1. The highest BCUT2D eigenvalue weighted by Gasteiger charge is 2.60. The number of benzene rings is 2. The number of pyridine rings is 1. The number of carbonyl (C=O) groups is 1. The number of aromatic nitrogens is 1. The Balaban J connectivity index is 2.33. The minimum atomic E-state index is -3.21. The van der Waals surface area contributed by atoms with Gasteiger partial charge in [0.15, 0.2) is 5.75 Å². The summed E-state index contributed by atoms with van der Waals surface area (Å²) < 4.78 is 31.4. The Labute approximate surface area is 186 Å². The molecular formula is C24H24FNO5P+. The van der Waals surface area contributed by atoms with Gasteiger partial charge in [-0.1, -0.05) is 38.6 Å². The highest BCUT2D eigenvalue weighted by molar-refractivity contribution is 7.42. The molecular weight excluding hydrogens is 432 g/mol. The number of ether oxygens (including phenoxy) is 1. The molecule has 32 heavy (non-hydrogen) atoms. The number of nitrogens with zero attached hydrogens (tertiary/aromatic N) is 1. The number of halogens is 1. The van der Waals surface area contributed by atoms with Crippen molar-refractivity contribution in [3.63, 3.8) is 0 Å². The molecule has 0 amide bonds. The normalized spacial score (nSPS) is 14.7. The molecule has 2 aromatic carbocycles. The standard InChI is InChI=1S/C24H23FNO5P/c1-5-24(15(4)27,32(29)30)23(28)31-22-20(14(2)3)18-8-6-7-9-19(18)26-21(22)16-10-12-17(25)13-11-16/h5-15,27H,1H2,2-4H3/p+1. The first-order chi connectivity index (χ1) is 15.1. The van der Waals surface area contributed by atoms with E-state index in [1.807, 2.05) is 38.1 Å². The number of aliphatic hydroxyl groups is 1. The fourth-order valence-electron chi connectivity index (χ4n) is 3.61. The fraction of sp³-hybridized carbons (Fsp3) is 0.250. The first kappa shape index (κ1) is 23.7. The summed E-state index contributed by atoms with van der Waals surface area (Å²) in [5.74, 6) is -1.61. The van der Waals surface area contributed by atoms with Crippen LogP contribution in [-0.2, 0) is 9.36 Å². The number of esters is 1. The van der Waals surface area contributed by atoms with Gasteiger partial charge in [-0.25, -0.2) is 14.2 Å². The van der Waals surface area contributed by atoms with Crippen molar-refractivity contribution >= 4 is 24.9 Å². The molecule has 3 aromatic rings. The van der Waals surface area contributed by atoms with Crippen LogP contribution in [0.5, 0.6) is 5.75 Å². The van der Waals surface area contributed by atoms with E-state index >= 15 is 0 Å². The molecule has 3 rings (SSSR count). The monoisotopic (exact) mass is 456 g/mol. The van der Waals surface area contributed by atoms with Gasteiger partial charge in [-0.15, -0.1) is 0 Å². The average Bonchev–Trinajstić information content (AvgIpc) is 2.74. The van der Waals surface area contributed by atoms with E-state index in [4.69, 9.17) is 4.74 Å². The lowest BCUT2D eigenvalue weighted by molar-refractivity contribution is -0.138. The number of para-hydroxylation sites is 1. The minimum absolute atomic E-state index is 0.0824. The van der Waals surface area contributed by atoms with Crippen molar-refractivity contribution in [2.45, 2.75) is 37.9 Å². The lowest BCUT2D eigenvalue weighted by Gasteiger charge is -2.23. The molecule has 0 saturated heterocycles. The Morgan fingerprint density at radius 1 is 1.19 bits per heavy atom. The Hall–Kier alpha value is -2.99. The van der Waals surface area contributed by atoms with Crippen LogP contribution in [0.4, 0.5) is 4.39 Å². The topological polar surface area (TPSA) is 96.7 Å². The number of rotatable bonds is 7. The van der Waals surface area contributed by atoms with Crippen LogP contribution in [0, 0.1) is 5.82 Å². The first-order valence-corrected chi connectivity index (χ1v) is 11.2. The summed E-state index contributed by atoms with van der Waals surface area (Å²) in [4.78, 5) is 27.7. The SMILES string of the molecule is C=CC(C(=O)Oc1c(-c2ccc(F)cc2)nc2ccccc2c1C(C)C)(C(C)O)[P+](=O)O. The Bertz CT molecular complexity index is 1190. The van der Waals surface area contributed by atoms with Gasteiger partial charge in [0.25, 0.3) is 0 Å². The third-order valence-corrected chi connectivity index (χ3v) is 6.74. The second-order valence-corrected chi connectivity index (χ2v) is 9.04. The van der Waals surface area contributed by atoms with Crippen molar-refractivity contribution < 1.29 is 28.5 Å². The highest BCUT2D eigenvalue weighted by atomic mass is 31.1. The molecule has 0 bridgehead atoms. The fourth-order valence-corrected chi connectivity index (χ4v) is 4.29. The van der Waals surface area contributed by atoms with Gasteiger partial charge < -0.3 is 9.84 Å². The van der Waals surface area contributed by atoms with E-state index in [1.54, 1.807) is 0 Å². The van der Waals surface area contributed by atoms with Crippen LogP contribution in [0.1, 0.15) is 32.3 Å². The maximum absolute atomic E-state index is 13.5. The Morgan fingerprint density at radius 3 is 2.34 bits per heavy atom. The molecule has 6 nitrogen and oxygen atoms in total. The number of hydrogen-bond acceptors (Lipinski definition) is 5. The van der Waals surface area contributed by atoms with E-state index in [2.05, 4.69) is 11.6 Å². The number of hydrogen-bond donors (Lipinski definition) is 2. The maximum Gasteiger partial charge on any atom is 0.531 e. The molecule has 0 saturated carbocycles. The number of aliphatic hydroxyl groups excluding tert-OH is 1. The minimum Gasteiger partial charge on any atom is -0.420 e. The van der Waals surface area contributed by atoms with Crippen LogP contribution >= 0.6 is 8.03 Å². The molecule has 0 aliphatic rings. The van der Waals surface area contributed by atoms with Crippen molar-refractivity contribution in [3.8, 4) is 17.0 Å². The van der Waals surface area contributed by atoms with E-state index in [0.717, 1.165) is 11.5 Å². The van der Waals surface area contributed by atoms with Crippen LogP contribution in [0.15, 0.2) is 61.2 Å². The van der Waals surface area contributed by atoms with E-state index in [9.17, 15) is 23.7 Å². The van der Waals surface area contributed by atoms with Crippen molar-refractivity contribution in [2.75, 3.05) is 0 Å². The van der Waals surface area contributed by atoms with Gasteiger partial charge in [-0.05, 0) is 53.8 Å². The summed E-state index contributed by atoms with van der Waals surface area (Å²) in [5, 5.41) is 8.69. The third-order valence-electron chi connectivity index (χ3n) is 5.37. The van der Waals surface area contributed by atoms with E-state index in [1.165, 1.54) is 31.2 Å². The van der Waals surface area contributed by atoms with Gasteiger partial charge in [0.2, 0.25) is 0 Å². The number of carbonyl (C=O) groups excluding carboxylic acids is 1. The van der Waals surface area contributed by atoms with Gasteiger partial charge in [0.05, 0.1) is 5.52 Å². The summed E-state index contributed by atoms with van der Waals surface area (Å²) in [6.45, 7) is 8.52. The molecule has 0 radical (unpaired) electrons. The summed E-state index contributed by atoms with van der Waals surface area (Å²) in [6.07, 6.45) is -0.605. The molecule has 3 unspecified atom stereocenters. The zero-order valence-corrected chi connectivity index (χ0v) is 18.8. The van der Waals surface area contributed by atoms with Crippen molar-refractivity contribution in [1.29, 1.82) is 0 Å². The van der Waals surface area contributed by atoms with Crippen LogP contribution in [0.25, 0.3) is 22.2 Å². The van der Waals surface area contributed by atoms with E-state index < -0.39 is 31.1 Å². The highest BCUT2D eigenvalue weighted by Crippen LogP contribution is 2.44. The molecule has 0 fully saturated rings. The zero-order valence-electron chi connectivity index (χ0n) is 17.9. The van der Waals surface area contributed by atoms with Crippen molar-refractivity contribution in [2.24, 2.45) is 0 Å². The maximum atomic E-state index is 13.5. The van der Waals surface area contributed by atoms with Gasteiger partial charge in [0.1, 0.15) is 17.6 Å². The molecule has 3 atom stereocenters. The predicted molar refractivity (Wildman–Crippen MR) is 121 cm³/mol.